The lowest BCUT2D eigenvalue weighted by molar-refractivity contribution is 0.552. The molecule has 2 aromatic carbocycles. The van der Waals surface area contributed by atoms with Gasteiger partial charge in [-0.2, -0.15) is 0 Å². The molecule has 0 radical (unpaired) electrons. The van der Waals surface area contributed by atoms with E-state index in [1.54, 1.807) is 0 Å². The van der Waals surface area contributed by atoms with Gasteiger partial charge in [-0.1, -0.05) is 22.0 Å². The molecule has 2 rings (SSSR count). The minimum Gasteiger partial charge on any atom is -0.207 e. The largest absolute Gasteiger partial charge is 0.207 e. The smallest absolute Gasteiger partial charge is 0.129 e. The highest BCUT2D eigenvalue weighted by molar-refractivity contribution is 9.10. The molecule has 0 aliphatic heterocycles. The Bertz CT molecular complexity index is 581. The monoisotopic (exact) mass is 348 g/mol. The Morgan fingerprint density at radius 3 is 2.32 bits per heavy atom. The van der Waals surface area contributed by atoms with Crippen LogP contribution in [0.3, 0.4) is 0 Å². The summed E-state index contributed by atoms with van der Waals surface area (Å²) in [5.41, 5.74) is 0.364. The van der Waals surface area contributed by atoms with Crippen LogP contribution in [0.15, 0.2) is 40.9 Å². The van der Waals surface area contributed by atoms with E-state index in [1.807, 2.05) is 0 Å². The molecule has 0 aromatic heterocycles. The number of hydrogen-bond donors (Lipinski definition) is 0. The molecule has 0 fully saturated rings. The van der Waals surface area contributed by atoms with Gasteiger partial charge in [0, 0.05) is 10.0 Å². The van der Waals surface area contributed by atoms with E-state index in [0.29, 0.717) is 10.0 Å². The van der Waals surface area contributed by atoms with E-state index >= 15 is 0 Å². The Hall–Kier alpha value is -1.00. The zero-order valence-corrected chi connectivity index (χ0v) is 12.0. The molecule has 0 aliphatic rings. The first-order valence-corrected chi connectivity index (χ1v) is 6.74. The number of benzene rings is 2. The predicted octanol–water partition coefficient (Wildman–Crippen LogP) is 5.39. The third-order valence-corrected chi connectivity index (χ3v) is 3.85. The van der Waals surface area contributed by atoms with Gasteiger partial charge in [-0.15, -0.1) is 11.6 Å². The second-order valence-electron chi connectivity index (χ2n) is 4.04. The molecule has 5 heteroatoms. The molecule has 2 aromatic rings. The van der Waals surface area contributed by atoms with Gasteiger partial charge in [0.2, 0.25) is 0 Å². The first kappa shape index (κ1) is 14.4. The number of hydrogen-bond acceptors (Lipinski definition) is 0. The minimum absolute atomic E-state index is 0.0535. The first-order valence-electron chi connectivity index (χ1n) is 5.51. The molecule has 0 N–H and O–H groups in total. The molecule has 0 bridgehead atoms. The van der Waals surface area contributed by atoms with Crippen LogP contribution in [0.25, 0.3) is 0 Å². The van der Waals surface area contributed by atoms with Crippen molar-refractivity contribution in [3.8, 4) is 0 Å². The maximum absolute atomic E-state index is 13.5. The van der Waals surface area contributed by atoms with Crippen LogP contribution >= 0.6 is 27.5 Å². The average Bonchev–Trinajstić information content (AvgIpc) is 2.37. The van der Waals surface area contributed by atoms with Crippen LogP contribution in [0.4, 0.5) is 13.2 Å². The lowest BCUT2D eigenvalue weighted by atomic mass is 10.0. The van der Waals surface area contributed by atoms with E-state index in [4.69, 9.17) is 11.6 Å². The highest BCUT2D eigenvalue weighted by Gasteiger charge is 2.18. The minimum atomic E-state index is -0.725. The van der Waals surface area contributed by atoms with Gasteiger partial charge in [-0.3, -0.25) is 0 Å². The normalized spacial score (nSPS) is 12.5. The van der Waals surface area contributed by atoms with Crippen LogP contribution in [0, 0.1) is 17.5 Å². The van der Waals surface area contributed by atoms with Gasteiger partial charge >= 0.3 is 0 Å². The zero-order valence-electron chi connectivity index (χ0n) is 9.64. The highest BCUT2D eigenvalue weighted by Crippen LogP contribution is 2.32. The van der Waals surface area contributed by atoms with Gasteiger partial charge in [0.25, 0.3) is 0 Å². The fraction of sp³-hybridized carbons (Fsp3) is 0.143. The lowest BCUT2D eigenvalue weighted by Gasteiger charge is -2.13. The quantitative estimate of drug-likeness (QED) is 0.652. The third-order valence-electron chi connectivity index (χ3n) is 2.74. The second kappa shape index (κ2) is 5.97. The summed E-state index contributed by atoms with van der Waals surface area (Å²) in [6.07, 6.45) is -0.0535. The van der Waals surface area contributed by atoms with Crippen LogP contribution in [0.5, 0.6) is 0 Å². The van der Waals surface area contributed by atoms with Gasteiger partial charge < -0.3 is 0 Å². The summed E-state index contributed by atoms with van der Waals surface area (Å²) in [6, 6.07) is 7.67. The summed E-state index contributed by atoms with van der Waals surface area (Å²) in [5.74, 6) is -1.76. The lowest BCUT2D eigenvalue weighted by Crippen LogP contribution is -2.02. The number of rotatable bonds is 3. The van der Waals surface area contributed by atoms with E-state index in [9.17, 15) is 13.2 Å². The van der Waals surface area contributed by atoms with Crippen molar-refractivity contribution in [2.75, 3.05) is 0 Å². The van der Waals surface area contributed by atoms with Crippen LogP contribution in [-0.2, 0) is 6.42 Å². The van der Waals surface area contributed by atoms with Crippen LogP contribution in [0.2, 0.25) is 0 Å². The molecule has 1 atom stereocenters. The van der Waals surface area contributed by atoms with Crippen molar-refractivity contribution in [1.82, 2.24) is 0 Å². The van der Waals surface area contributed by atoms with Gasteiger partial charge in [0.05, 0.1) is 5.38 Å². The Kier molecular flexibility index (Phi) is 4.53. The Labute approximate surface area is 122 Å². The highest BCUT2D eigenvalue weighted by atomic mass is 79.9. The maximum Gasteiger partial charge on any atom is 0.129 e. The Morgan fingerprint density at radius 1 is 1.05 bits per heavy atom. The molecule has 0 saturated heterocycles. The Morgan fingerprint density at radius 2 is 1.68 bits per heavy atom. The van der Waals surface area contributed by atoms with Gasteiger partial charge in [0.15, 0.2) is 0 Å². The summed E-state index contributed by atoms with van der Waals surface area (Å²) in [4.78, 5) is 0. The van der Waals surface area contributed by atoms with Crippen molar-refractivity contribution in [1.29, 1.82) is 0 Å². The molecular weight excluding hydrogens is 341 g/mol. The molecule has 19 heavy (non-hydrogen) atoms. The summed E-state index contributed by atoms with van der Waals surface area (Å²) < 4.78 is 40.8. The van der Waals surface area contributed by atoms with Crippen molar-refractivity contribution >= 4 is 27.5 Å². The van der Waals surface area contributed by atoms with Crippen molar-refractivity contribution < 1.29 is 13.2 Å². The summed E-state index contributed by atoms with van der Waals surface area (Å²) in [7, 11) is 0. The fourth-order valence-corrected chi connectivity index (χ4v) is 2.76. The third kappa shape index (κ3) is 3.31. The maximum atomic E-state index is 13.5. The van der Waals surface area contributed by atoms with Gasteiger partial charge in [-0.05, 0) is 42.3 Å². The van der Waals surface area contributed by atoms with E-state index in [2.05, 4.69) is 15.9 Å². The topological polar surface area (TPSA) is 0 Å². The summed E-state index contributed by atoms with van der Waals surface area (Å²) in [6.45, 7) is 0. The van der Waals surface area contributed by atoms with E-state index in [-0.39, 0.29) is 12.0 Å². The van der Waals surface area contributed by atoms with Crippen molar-refractivity contribution in [2.45, 2.75) is 11.8 Å². The van der Waals surface area contributed by atoms with Gasteiger partial charge in [-0.25, -0.2) is 13.2 Å². The standard InChI is InChI=1S/C14H9BrClF3/c15-11-5-4-8(17)6-9(11)12(16)7-10-13(18)2-1-3-14(10)19/h1-6,12H,7H2. The number of halogens is 5. The molecule has 100 valence electrons. The van der Waals surface area contributed by atoms with Crippen LogP contribution in [0.1, 0.15) is 16.5 Å². The zero-order chi connectivity index (χ0) is 14.0. The van der Waals surface area contributed by atoms with E-state index in [0.717, 1.165) is 0 Å². The Balaban J connectivity index is 2.31. The molecule has 1 unspecified atom stereocenters. The first-order chi connectivity index (χ1) is 8.99. The number of alkyl halides is 1. The van der Waals surface area contributed by atoms with Crippen LogP contribution in [-0.4, -0.2) is 0 Å². The van der Waals surface area contributed by atoms with Crippen molar-refractivity contribution in [3.63, 3.8) is 0 Å². The molecule has 0 heterocycles. The SMILES string of the molecule is Fc1ccc(Br)c(C(Cl)Cc2c(F)cccc2F)c1. The van der Waals surface area contributed by atoms with Crippen LogP contribution < -0.4 is 0 Å². The van der Waals surface area contributed by atoms with E-state index < -0.39 is 22.8 Å². The molecule has 0 spiro atoms. The second-order valence-corrected chi connectivity index (χ2v) is 5.42. The predicted molar refractivity (Wildman–Crippen MR) is 72.8 cm³/mol. The summed E-state index contributed by atoms with van der Waals surface area (Å²) in [5, 5.41) is -0.725. The van der Waals surface area contributed by atoms with Crippen molar-refractivity contribution in [3.05, 3.63) is 69.4 Å². The summed E-state index contributed by atoms with van der Waals surface area (Å²) >= 11 is 9.37. The molecule has 0 aliphatic carbocycles. The average molecular weight is 350 g/mol. The molecular formula is C14H9BrClF3. The fourth-order valence-electron chi connectivity index (χ4n) is 1.77. The molecule has 0 saturated carbocycles. The molecule has 0 nitrogen and oxygen atoms in total. The van der Waals surface area contributed by atoms with Crippen molar-refractivity contribution in [2.24, 2.45) is 0 Å². The van der Waals surface area contributed by atoms with E-state index in [1.165, 1.54) is 36.4 Å². The van der Waals surface area contributed by atoms with Gasteiger partial charge in [0.1, 0.15) is 17.5 Å². The molecule has 0 amide bonds.